The van der Waals surface area contributed by atoms with Gasteiger partial charge in [0.25, 0.3) is 0 Å². The van der Waals surface area contributed by atoms with Gasteiger partial charge in [-0.25, -0.2) is 9.59 Å². The molecule has 0 unspecified atom stereocenters. The number of amides is 1. The molecule has 0 spiro atoms. The van der Waals surface area contributed by atoms with Gasteiger partial charge in [0.2, 0.25) is 0 Å². The summed E-state index contributed by atoms with van der Waals surface area (Å²) in [7, 11) is 0. The van der Waals surface area contributed by atoms with Crippen molar-refractivity contribution in [2.75, 3.05) is 0 Å². The number of nitrogens with zero attached hydrogens (tertiary/aromatic N) is 1. The van der Waals surface area contributed by atoms with Gasteiger partial charge in [0.15, 0.2) is 0 Å². The molecule has 0 aliphatic rings. The largest absolute Gasteiger partial charge is 0.478 e. The maximum absolute atomic E-state index is 12.2. The molecule has 0 radical (unpaired) electrons. The Morgan fingerprint density at radius 2 is 1.76 bits per heavy atom. The minimum atomic E-state index is -1.04. The molecule has 2 aromatic rings. The number of nitrogens with one attached hydrogen (secondary N) is 1. The molecule has 1 heterocycles. The lowest BCUT2D eigenvalue weighted by molar-refractivity contribution is 0.0523. The van der Waals surface area contributed by atoms with Crippen LogP contribution in [-0.4, -0.2) is 27.8 Å². The molecule has 6 heteroatoms. The lowest BCUT2D eigenvalue weighted by Crippen LogP contribution is -2.32. The Balaban J connectivity index is 2.61. The first-order valence-corrected chi connectivity index (χ1v) is 9.83. The van der Waals surface area contributed by atoms with Gasteiger partial charge in [-0.05, 0) is 46.6 Å². The number of carbonyl (C=O) groups excluding carboxylic acids is 1. The predicted octanol–water partition coefficient (Wildman–Crippen LogP) is 5.04. The fraction of sp³-hybridized carbons (Fsp3) is 0.435. The van der Waals surface area contributed by atoms with Crippen LogP contribution in [0.25, 0.3) is 11.1 Å². The topological polar surface area (TPSA) is 88.5 Å². The highest BCUT2D eigenvalue weighted by Crippen LogP contribution is 2.32. The first-order valence-electron chi connectivity index (χ1n) is 9.83. The number of hydrogen-bond acceptors (Lipinski definition) is 4. The summed E-state index contributed by atoms with van der Waals surface area (Å²) in [6, 6.07) is 7.70. The minimum absolute atomic E-state index is 0.140. The lowest BCUT2D eigenvalue weighted by atomic mass is 9.90. The molecule has 2 rings (SSSR count). The maximum atomic E-state index is 12.2. The molecule has 0 saturated carbocycles. The standard InChI is InChI=1S/C23H30N2O4/c1-7-8-18-17(13-24-22(28)29-23(4,5)6)20(16-11-9-14(2)10-12-16)19(21(26)27)15(3)25-18/h9-12H,7-8,13H2,1-6H3,(H,24,28)(H,26,27). The van der Waals surface area contributed by atoms with Gasteiger partial charge in [0.1, 0.15) is 5.60 Å². The number of aromatic carboxylic acids is 1. The van der Waals surface area contributed by atoms with Gasteiger partial charge in [-0.1, -0.05) is 43.2 Å². The molecule has 0 fully saturated rings. The summed E-state index contributed by atoms with van der Waals surface area (Å²) in [5.41, 5.74) is 3.99. The third-order valence-electron chi connectivity index (χ3n) is 4.41. The van der Waals surface area contributed by atoms with Crippen molar-refractivity contribution in [1.29, 1.82) is 0 Å². The second-order valence-electron chi connectivity index (χ2n) is 8.15. The van der Waals surface area contributed by atoms with Gasteiger partial charge in [0, 0.05) is 23.4 Å². The molecule has 0 aliphatic heterocycles. The van der Waals surface area contributed by atoms with E-state index in [4.69, 9.17) is 4.74 Å². The number of aromatic nitrogens is 1. The average Bonchev–Trinajstić information content (AvgIpc) is 2.59. The quantitative estimate of drug-likeness (QED) is 0.711. The Labute approximate surface area is 172 Å². The van der Waals surface area contributed by atoms with Crippen molar-refractivity contribution < 1.29 is 19.4 Å². The van der Waals surface area contributed by atoms with Gasteiger partial charge < -0.3 is 15.2 Å². The van der Waals surface area contributed by atoms with E-state index in [1.54, 1.807) is 27.7 Å². The number of pyridine rings is 1. The number of alkyl carbamates (subject to hydrolysis) is 1. The molecule has 156 valence electrons. The highest BCUT2D eigenvalue weighted by atomic mass is 16.6. The van der Waals surface area contributed by atoms with Crippen LogP contribution in [0.1, 0.15) is 67.0 Å². The van der Waals surface area contributed by atoms with E-state index >= 15 is 0 Å². The van der Waals surface area contributed by atoms with Gasteiger partial charge in [0.05, 0.1) is 11.3 Å². The van der Waals surface area contributed by atoms with Crippen LogP contribution < -0.4 is 5.32 Å². The molecule has 0 bridgehead atoms. The average molecular weight is 399 g/mol. The third kappa shape index (κ3) is 5.79. The Hall–Kier alpha value is -2.89. The number of rotatable bonds is 6. The van der Waals surface area contributed by atoms with E-state index in [9.17, 15) is 14.7 Å². The van der Waals surface area contributed by atoms with E-state index in [1.807, 2.05) is 38.1 Å². The number of hydrogen-bond donors (Lipinski definition) is 2. The number of carboxylic acids is 1. The molecule has 0 aliphatic carbocycles. The van der Waals surface area contributed by atoms with E-state index in [0.29, 0.717) is 23.2 Å². The molecular formula is C23H30N2O4. The SMILES string of the molecule is CCCc1nc(C)c(C(=O)O)c(-c2ccc(C)cc2)c1CNC(=O)OC(C)(C)C. The van der Waals surface area contributed by atoms with E-state index in [-0.39, 0.29) is 12.1 Å². The number of aryl methyl sites for hydroxylation is 3. The summed E-state index contributed by atoms with van der Waals surface area (Å²) in [6.07, 6.45) is 0.989. The monoisotopic (exact) mass is 398 g/mol. The second-order valence-corrected chi connectivity index (χ2v) is 8.15. The Morgan fingerprint density at radius 3 is 2.28 bits per heavy atom. The zero-order valence-electron chi connectivity index (χ0n) is 18.0. The zero-order chi connectivity index (χ0) is 21.8. The van der Waals surface area contributed by atoms with Crippen molar-refractivity contribution in [3.8, 4) is 11.1 Å². The van der Waals surface area contributed by atoms with Crippen LogP contribution >= 0.6 is 0 Å². The molecular weight excluding hydrogens is 368 g/mol. The Morgan fingerprint density at radius 1 is 1.14 bits per heavy atom. The highest BCUT2D eigenvalue weighted by molar-refractivity contribution is 5.98. The molecule has 2 N–H and O–H groups in total. The molecule has 1 amide bonds. The predicted molar refractivity (Wildman–Crippen MR) is 113 cm³/mol. The number of ether oxygens (including phenoxy) is 1. The Bertz CT molecular complexity index is 897. The summed E-state index contributed by atoms with van der Waals surface area (Å²) in [5.74, 6) is -1.04. The molecule has 1 aromatic heterocycles. The highest BCUT2D eigenvalue weighted by Gasteiger charge is 2.24. The zero-order valence-corrected chi connectivity index (χ0v) is 18.0. The lowest BCUT2D eigenvalue weighted by Gasteiger charge is -2.22. The Kier molecular flexibility index (Phi) is 7.01. The van der Waals surface area contributed by atoms with E-state index < -0.39 is 17.7 Å². The summed E-state index contributed by atoms with van der Waals surface area (Å²) < 4.78 is 5.34. The van der Waals surface area contributed by atoms with Crippen LogP contribution in [0, 0.1) is 13.8 Å². The van der Waals surface area contributed by atoms with Crippen LogP contribution in [0.4, 0.5) is 4.79 Å². The van der Waals surface area contributed by atoms with Gasteiger partial charge in [-0.15, -0.1) is 0 Å². The second kappa shape index (κ2) is 9.07. The van der Waals surface area contributed by atoms with Crippen molar-refractivity contribution in [1.82, 2.24) is 10.3 Å². The molecule has 1 aromatic carbocycles. The summed E-state index contributed by atoms with van der Waals surface area (Å²) in [6.45, 7) is 11.3. The van der Waals surface area contributed by atoms with E-state index in [2.05, 4.69) is 10.3 Å². The third-order valence-corrected chi connectivity index (χ3v) is 4.41. The van der Waals surface area contributed by atoms with Crippen LogP contribution in [0.3, 0.4) is 0 Å². The van der Waals surface area contributed by atoms with E-state index in [1.165, 1.54) is 0 Å². The van der Waals surface area contributed by atoms with Crippen molar-refractivity contribution in [2.45, 2.75) is 66.5 Å². The summed E-state index contributed by atoms with van der Waals surface area (Å²) in [5, 5.41) is 12.7. The van der Waals surface area contributed by atoms with Crippen molar-refractivity contribution >= 4 is 12.1 Å². The minimum Gasteiger partial charge on any atom is -0.478 e. The molecule has 0 saturated heterocycles. The number of carboxylic acid groups (broad SMARTS) is 1. The van der Waals surface area contributed by atoms with Gasteiger partial charge >= 0.3 is 12.1 Å². The van der Waals surface area contributed by atoms with Crippen LogP contribution in [0.5, 0.6) is 0 Å². The van der Waals surface area contributed by atoms with Crippen molar-refractivity contribution in [2.24, 2.45) is 0 Å². The smallest absolute Gasteiger partial charge is 0.407 e. The fourth-order valence-corrected chi connectivity index (χ4v) is 3.21. The summed E-state index contributed by atoms with van der Waals surface area (Å²) in [4.78, 5) is 28.9. The van der Waals surface area contributed by atoms with Gasteiger partial charge in [-0.3, -0.25) is 4.98 Å². The maximum Gasteiger partial charge on any atom is 0.407 e. The van der Waals surface area contributed by atoms with E-state index in [0.717, 1.165) is 23.2 Å². The van der Waals surface area contributed by atoms with Crippen LogP contribution in [0.15, 0.2) is 24.3 Å². The molecule has 29 heavy (non-hydrogen) atoms. The normalized spacial score (nSPS) is 11.2. The fourth-order valence-electron chi connectivity index (χ4n) is 3.21. The molecule has 0 atom stereocenters. The van der Waals surface area contributed by atoms with Crippen LogP contribution in [0.2, 0.25) is 0 Å². The summed E-state index contributed by atoms with van der Waals surface area (Å²) >= 11 is 0. The van der Waals surface area contributed by atoms with Gasteiger partial charge in [-0.2, -0.15) is 0 Å². The number of benzene rings is 1. The number of carbonyl (C=O) groups is 2. The van der Waals surface area contributed by atoms with Crippen molar-refractivity contribution in [3.05, 3.63) is 52.3 Å². The molecule has 6 nitrogen and oxygen atoms in total. The van der Waals surface area contributed by atoms with Crippen LogP contribution in [-0.2, 0) is 17.7 Å². The van der Waals surface area contributed by atoms with Crippen molar-refractivity contribution in [3.63, 3.8) is 0 Å². The first-order chi connectivity index (χ1) is 13.5. The first kappa shape index (κ1) is 22.4.